The van der Waals surface area contributed by atoms with Gasteiger partial charge in [0, 0.05) is 77.2 Å². The van der Waals surface area contributed by atoms with Crippen LogP contribution < -0.4 is 0 Å². The molecule has 0 amide bonds. The zero-order valence-corrected chi connectivity index (χ0v) is 21.1. The summed E-state index contributed by atoms with van der Waals surface area (Å²) < 4.78 is 33.5. The van der Waals surface area contributed by atoms with Crippen LogP contribution in [0.2, 0.25) is 0 Å². The van der Waals surface area contributed by atoms with E-state index in [1.807, 2.05) is 48.5 Å². The normalized spacial score (nSPS) is 15.2. The number of nitrogens with zero attached hydrogens (tertiary/aromatic N) is 4. The minimum Gasteiger partial charge on any atom is -0.379 e. The van der Waals surface area contributed by atoms with Crippen LogP contribution in [0.15, 0.2) is 78.0 Å². The molecule has 0 aliphatic carbocycles. The molecule has 0 spiro atoms. The van der Waals surface area contributed by atoms with Gasteiger partial charge in [-0.3, -0.25) is 14.1 Å². The predicted molar refractivity (Wildman–Crippen MR) is 140 cm³/mol. The van der Waals surface area contributed by atoms with Crippen molar-refractivity contribution in [3.8, 4) is 33.9 Å². The Hall–Kier alpha value is -3.20. The van der Waals surface area contributed by atoms with Gasteiger partial charge in [0.25, 0.3) is 0 Å². The van der Waals surface area contributed by atoms with E-state index in [1.54, 1.807) is 18.6 Å². The first-order valence-corrected chi connectivity index (χ1v) is 13.7. The molecular formula is C28H29FN4O2S. The van der Waals surface area contributed by atoms with Crippen LogP contribution in [0.3, 0.4) is 0 Å². The van der Waals surface area contributed by atoms with Gasteiger partial charge in [-0.2, -0.15) is 0 Å². The number of imidazole rings is 1. The molecule has 3 heterocycles. The number of pyridine rings is 1. The molecule has 1 fully saturated rings. The van der Waals surface area contributed by atoms with Crippen LogP contribution in [-0.2, 0) is 22.1 Å². The molecule has 1 atom stereocenters. The maximum absolute atomic E-state index is 13.8. The van der Waals surface area contributed by atoms with Gasteiger partial charge < -0.3 is 9.30 Å². The Kier molecular flexibility index (Phi) is 7.65. The minimum atomic E-state index is -1.05. The van der Waals surface area contributed by atoms with Crippen LogP contribution in [0.5, 0.6) is 0 Å². The van der Waals surface area contributed by atoms with Gasteiger partial charge in [-0.15, -0.1) is 0 Å². The highest BCUT2D eigenvalue weighted by Gasteiger charge is 2.22. The van der Waals surface area contributed by atoms with E-state index >= 15 is 0 Å². The van der Waals surface area contributed by atoms with E-state index in [9.17, 15) is 8.60 Å². The van der Waals surface area contributed by atoms with Crippen molar-refractivity contribution >= 4 is 10.8 Å². The summed E-state index contributed by atoms with van der Waals surface area (Å²) in [7, 11) is -1.05. The minimum absolute atomic E-state index is 0.272. The summed E-state index contributed by atoms with van der Waals surface area (Å²) in [5, 5.41) is 0. The smallest absolute Gasteiger partial charge is 0.141 e. The zero-order chi connectivity index (χ0) is 24.9. The van der Waals surface area contributed by atoms with Gasteiger partial charge in [-0.05, 0) is 55.0 Å². The summed E-state index contributed by atoms with van der Waals surface area (Å²) in [4.78, 5) is 12.5. The van der Waals surface area contributed by atoms with E-state index in [-0.39, 0.29) is 5.82 Å². The Labute approximate surface area is 213 Å². The molecule has 2 aromatic heterocycles. The van der Waals surface area contributed by atoms with Crippen molar-refractivity contribution in [3.05, 3.63) is 78.9 Å². The molecule has 6 nitrogen and oxygen atoms in total. The van der Waals surface area contributed by atoms with Crippen molar-refractivity contribution in [1.82, 2.24) is 19.4 Å². The Balaban J connectivity index is 1.61. The number of hydrogen-bond acceptors (Lipinski definition) is 5. The lowest BCUT2D eigenvalue weighted by Crippen LogP contribution is -2.37. The van der Waals surface area contributed by atoms with Gasteiger partial charge >= 0.3 is 0 Å². The summed E-state index contributed by atoms with van der Waals surface area (Å²) in [6.45, 7) is 5.14. The van der Waals surface area contributed by atoms with Crippen molar-refractivity contribution < 1.29 is 13.3 Å². The highest BCUT2D eigenvalue weighted by atomic mass is 32.2. The first-order valence-electron chi connectivity index (χ1n) is 12.1. The summed E-state index contributed by atoms with van der Waals surface area (Å²) in [5.74, 6) is 0.558. The fraction of sp³-hybridized carbons (Fsp3) is 0.286. The summed E-state index contributed by atoms with van der Waals surface area (Å²) in [6, 6.07) is 18.2. The Bertz CT molecular complexity index is 1320. The molecule has 8 heteroatoms. The topological polar surface area (TPSA) is 60.2 Å². The lowest BCUT2D eigenvalue weighted by atomic mass is 10.1. The SMILES string of the molecule is CS(=O)c1ccc(-c2nc(-c3ccncc3)c(-c3ccc(F)cc3)n2CCCN2CCOCC2)cc1. The predicted octanol–water partition coefficient (Wildman–Crippen LogP) is 4.88. The Morgan fingerprint density at radius 1 is 0.889 bits per heavy atom. The van der Waals surface area contributed by atoms with Crippen LogP contribution in [-0.4, -0.2) is 62.7 Å². The van der Waals surface area contributed by atoms with Crippen LogP contribution >= 0.6 is 0 Å². The lowest BCUT2D eigenvalue weighted by Gasteiger charge is -2.26. The number of halogens is 1. The fourth-order valence-corrected chi connectivity index (χ4v) is 5.09. The largest absolute Gasteiger partial charge is 0.379 e. The van der Waals surface area contributed by atoms with E-state index in [0.29, 0.717) is 0 Å². The summed E-state index contributed by atoms with van der Waals surface area (Å²) in [6.07, 6.45) is 6.12. The van der Waals surface area contributed by atoms with E-state index < -0.39 is 10.8 Å². The Morgan fingerprint density at radius 3 is 2.22 bits per heavy atom. The number of hydrogen-bond donors (Lipinski definition) is 0. The van der Waals surface area contributed by atoms with Gasteiger partial charge in [0.05, 0.1) is 24.6 Å². The van der Waals surface area contributed by atoms with Gasteiger partial charge in [0.15, 0.2) is 0 Å². The van der Waals surface area contributed by atoms with Crippen molar-refractivity contribution in [2.45, 2.75) is 17.9 Å². The molecule has 2 aromatic carbocycles. The number of aromatic nitrogens is 3. The monoisotopic (exact) mass is 504 g/mol. The first kappa shape index (κ1) is 24.5. The van der Waals surface area contributed by atoms with Gasteiger partial charge in [0.1, 0.15) is 11.6 Å². The van der Waals surface area contributed by atoms with Crippen LogP contribution in [0, 0.1) is 5.82 Å². The maximum Gasteiger partial charge on any atom is 0.141 e. The van der Waals surface area contributed by atoms with Crippen molar-refractivity contribution in [3.63, 3.8) is 0 Å². The molecule has 0 N–H and O–H groups in total. The number of rotatable bonds is 8. The van der Waals surface area contributed by atoms with E-state index in [4.69, 9.17) is 9.72 Å². The van der Waals surface area contributed by atoms with Crippen LogP contribution in [0.1, 0.15) is 6.42 Å². The molecule has 1 unspecified atom stereocenters. The number of ether oxygens (including phenoxy) is 1. The molecule has 36 heavy (non-hydrogen) atoms. The van der Waals surface area contributed by atoms with Gasteiger partial charge in [-0.25, -0.2) is 9.37 Å². The Morgan fingerprint density at radius 2 is 1.56 bits per heavy atom. The van der Waals surface area contributed by atoms with E-state index in [1.165, 1.54) is 12.1 Å². The zero-order valence-electron chi connectivity index (χ0n) is 20.3. The molecule has 4 aromatic rings. The molecule has 0 bridgehead atoms. The molecule has 1 aliphatic rings. The van der Waals surface area contributed by atoms with Crippen LogP contribution in [0.4, 0.5) is 4.39 Å². The molecule has 1 saturated heterocycles. The van der Waals surface area contributed by atoms with E-state index in [2.05, 4.69) is 14.5 Å². The fourth-order valence-electron chi connectivity index (χ4n) is 4.58. The molecule has 186 valence electrons. The average molecular weight is 505 g/mol. The van der Waals surface area contributed by atoms with Gasteiger partial charge in [0.2, 0.25) is 0 Å². The number of benzene rings is 2. The standard InChI is InChI=1S/C28H29FN4O2S/c1-36(34)25-9-5-23(6-10-25)28-31-26(21-11-13-30-14-12-21)27(22-3-7-24(29)8-4-22)33(28)16-2-15-32-17-19-35-20-18-32/h3-14H,2,15-20H2,1H3. The molecule has 1 aliphatic heterocycles. The first-order chi connectivity index (χ1) is 17.6. The molecular weight excluding hydrogens is 475 g/mol. The highest BCUT2D eigenvalue weighted by Crippen LogP contribution is 2.36. The molecule has 0 radical (unpaired) electrons. The summed E-state index contributed by atoms with van der Waals surface area (Å²) in [5.41, 5.74) is 4.57. The maximum atomic E-state index is 13.8. The van der Waals surface area contributed by atoms with Gasteiger partial charge in [-0.1, -0.05) is 12.1 Å². The third-order valence-corrected chi connectivity index (χ3v) is 7.38. The van der Waals surface area contributed by atoms with Crippen molar-refractivity contribution in [1.29, 1.82) is 0 Å². The van der Waals surface area contributed by atoms with Crippen molar-refractivity contribution in [2.75, 3.05) is 39.1 Å². The van der Waals surface area contributed by atoms with E-state index in [0.717, 1.165) is 84.6 Å². The van der Waals surface area contributed by atoms with Crippen LogP contribution in [0.25, 0.3) is 33.9 Å². The highest BCUT2D eigenvalue weighted by molar-refractivity contribution is 7.84. The number of morpholine rings is 1. The lowest BCUT2D eigenvalue weighted by molar-refractivity contribution is 0.0369. The second-order valence-corrected chi connectivity index (χ2v) is 10.2. The third kappa shape index (κ3) is 5.46. The molecule has 5 rings (SSSR count). The summed E-state index contributed by atoms with van der Waals surface area (Å²) >= 11 is 0. The quantitative estimate of drug-likeness (QED) is 0.342. The molecule has 0 saturated carbocycles. The second-order valence-electron chi connectivity index (χ2n) is 8.81. The third-order valence-electron chi connectivity index (χ3n) is 6.44. The van der Waals surface area contributed by atoms with Crippen molar-refractivity contribution in [2.24, 2.45) is 0 Å². The average Bonchev–Trinajstić information content (AvgIpc) is 3.29. The second kappa shape index (κ2) is 11.2.